The summed E-state index contributed by atoms with van der Waals surface area (Å²) in [7, 11) is -3.80. The Kier molecular flexibility index (Phi) is 9.34. The number of carbonyl (C=O) groups excluding carboxylic acids is 1. The number of anilines is 1. The molecule has 0 N–H and O–H groups in total. The quantitative estimate of drug-likeness (QED) is 0.397. The lowest BCUT2D eigenvalue weighted by atomic mass is 9.96. The third kappa shape index (κ3) is 7.62. The molecule has 0 aromatic heterocycles. The minimum Gasteiger partial charge on any atom is -0.493 e. The van der Waals surface area contributed by atoms with E-state index in [1.807, 2.05) is 45.9 Å². The van der Waals surface area contributed by atoms with Crippen LogP contribution < -0.4 is 9.04 Å². The molecule has 38 heavy (non-hydrogen) atoms. The van der Waals surface area contributed by atoms with Gasteiger partial charge in [0.1, 0.15) is 17.5 Å². The number of likely N-dealkylation sites (tertiary alicyclic amines) is 1. The van der Waals surface area contributed by atoms with E-state index < -0.39 is 27.9 Å². The van der Waals surface area contributed by atoms with Crippen molar-refractivity contribution >= 4 is 21.8 Å². The summed E-state index contributed by atoms with van der Waals surface area (Å²) < 4.78 is 54.7. The number of piperidine rings is 1. The fourth-order valence-corrected chi connectivity index (χ4v) is 6.11. The second-order valence-corrected chi connectivity index (χ2v) is 13.4. The van der Waals surface area contributed by atoms with Crippen LogP contribution >= 0.6 is 0 Å². The normalized spacial score (nSPS) is 18.4. The summed E-state index contributed by atoms with van der Waals surface area (Å²) in [6, 6.07) is 12.0. The Labute approximate surface area is 227 Å². The molecule has 1 heterocycles. The third-order valence-electron chi connectivity index (χ3n) is 6.36. The van der Waals surface area contributed by atoms with Gasteiger partial charge in [-0.25, -0.2) is 17.6 Å². The molecular formula is C29H41FN2O5S. The summed E-state index contributed by atoms with van der Waals surface area (Å²) in [5.41, 5.74) is 2.00. The predicted octanol–water partition coefficient (Wildman–Crippen LogP) is 6.13. The lowest BCUT2D eigenvalue weighted by Crippen LogP contribution is -2.48. The summed E-state index contributed by atoms with van der Waals surface area (Å²) in [6.45, 7) is 14.0. The number of nitrogens with zero attached hydrogens (tertiary/aromatic N) is 2. The molecule has 3 rings (SSSR count). The van der Waals surface area contributed by atoms with Crippen molar-refractivity contribution in [3.05, 3.63) is 53.6 Å². The van der Waals surface area contributed by atoms with Gasteiger partial charge in [0, 0.05) is 19.0 Å². The summed E-state index contributed by atoms with van der Waals surface area (Å²) in [5, 5.41) is 0. The molecule has 1 aliphatic heterocycles. The second-order valence-electron chi connectivity index (χ2n) is 11.5. The first-order valence-electron chi connectivity index (χ1n) is 13.1. The fraction of sp³-hybridized carbons (Fsp3) is 0.552. The van der Waals surface area contributed by atoms with Gasteiger partial charge in [0.15, 0.2) is 0 Å². The topological polar surface area (TPSA) is 76.2 Å². The summed E-state index contributed by atoms with van der Waals surface area (Å²) in [4.78, 5) is 13.8. The number of amides is 1. The van der Waals surface area contributed by atoms with Crippen molar-refractivity contribution in [1.82, 2.24) is 4.90 Å². The first kappa shape index (κ1) is 29.7. The minimum absolute atomic E-state index is 0.0375. The molecule has 210 valence electrons. The molecule has 2 atom stereocenters. The standard InChI is InChI=1S/C29H41FN2O5S/c1-20(2)17-32(27-13-8-21(3)16-22(27)4)38(34,35)25-11-9-24(10-12-25)36-19-23-14-15-31(18-26(23)30)28(33)37-29(5,6)7/h8-13,16,20,23,26H,14-15,17-19H2,1-7H3. The molecule has 0 aliphatic carbocycles. The van der Waals surface area contributed by atoms with E-state index in [-0.39, 0.29) is 29.9 Å². The van der Waals surface area contributed by atoms with Crippen molar-refractivity contribution in [2.45, 2.75) is 71.6 Å². The fourth-order valence-electron chi connectivity index (χ4n) is 4.41. The molecule has 0 saturated carbocycles. The number of aryl methyl sites for hydroxylation is 2. The molecule has 0 bridgehead atoms. The average Bonchev–Trinajstić information content (AvgIpc) is 2.81. The van der Waals surface area contributed by atoms with Crippen LogP contribution in [-0.2, 0) is 14.8 Å². The van der Waals surface area contributed by atoms with Gasteiger partial charge in [0.2, 0.25) is 0 Å². The highest BCUT2D eigenvalue weighted by Gasteiger charge is 2.34. The van der Waals surface area contributed by atoms with Gasteiger partial charge in [0.05, 0.1) is 23.7 Å². The Balaban J connectivity index is 1.66. The van der Waals surface area contributed by atoms with Crippen LogP contribution in [0.15, 0.2) is 47.4 Å². The zero-order valence-corrected chi connectivity index (χ0v) is 24.3. The number of benzene rings is 2. The highest BCUT2D eigenvalue weighted by Crippen LogP contribution is 2.30. The van der Waals surface area contributed by atoms with Crippen LogP contribution in [-0.4, -0.2) is 57.4 Å². The molecule has 2 unspecified atom stereocenters. The van der Waals surface area contributed by atoms with E-state index in [1.165, 1.54) is 21.3 Å². The maximum atomic E-state index is 14.8. The van der Waals surface area contributed by atoms with Gasteiger partial charge in [0.25, 0.3) is 10.0 Å². The minimum atomic E-state index is -3.80. The largest absolute Gasteiger partial charge is 0.493 e. The van der Waals surface area contributed by atoms with Gasteiger partial charge in [-0.3, -0.25) is 4.31 Å². The number of halogens is 1. The second kappa shape index (κ2) is 11.9. The zero-order valence-electron chi connectivity index (χ0n) is 23.5. The molecule has 2 aromatic carbocycles. The van der Waals surface area contributed by atoms with Crippen molar-refractivity contribution in [3.8, 4) is 5.75 Å². The van der Waals surface area contributed by atoms with Crippen molar-refractivity contribution in [2.75, 3.05) is 30.5 Å². The number of rotatable bonds is 8. The number of hydrogen-bond donors (Lipinski definition) is 0. The molecule has 1 aliphatic rings. The lowest BCUT2D eigenvalue weighted by molar-refractivity contribution is 0.000402. The van der Waals surface area contributed by atoms with Crippen molar-refractivity contribution in [2.24, 2.45) is 11.8 Å². The Hall–Kier alpha value is -2.81. The smallest absolute Gasteiger partial charge is 0.410 e. The summed E-state index contributed by atoms with van der Waals surface area (Å²) >= 11 is 0. The zero-order chi connectivity index (χ0) is 28.3. The number of carbonyl (C=O) groups is 1. The van der Waals surface area contributed by atoms with Crippen LogP contribution in [0.1, 0.15) is 52.2 Å². The number of sulfonamides is 1. The number of hydrogen-bond acceptors (Lipinski definition) is 5. The summed E-state index contributed by atoms with van der Waals surface area (Å²) in [5.74, 6) is 0.222. The molecule has 1 saturated heterocycles. The van der Waals surface area contributed by atoms with E-state index in [0.29, 0.717) is 30.9 Å². The van der Waals surface area contributed by atoms with Crippen LogP contribution in [0.5, 0.6) is 5.75 Å². The summed E-state index contributed by atoms with van der Waals surface area (Å²) in [6.07, 6.45) is -1.30. The van der Waals surface area contributed by atoms with Crippen molar-refractivity contribution < 1.29 is 27.1 Å². The van der Waals surface area contributed by atoms with Crippen LogP contribution in [0.25, 0.3) is 0 Å². The van der Waals surface area contributed by atoms with Crippen molar-refractivity contribution in [1.29, 1.82) is 0 Å². The molecule has 1 amide bonds. The molecule has 9 heteroatoms. The van der Waals surface area contributed by atoms with E-state index in [1.54, 1.807) is 32.9 Å². The molecule has 7 nitrogen and oxygen atoms in total. The lowest BCUT2D eigenvalue weighted by Gasteiger charge is -2.35. The molecule has 2 aromatic rings. The van der Waals surface area contributed by atoms with Crippen molar-refractivity contribution in [3.63, 3.8) is 0 Å². The highest BCUT2D eigenvalue weighted by molar-refractivity contribution is 7.92. The molecule has 0 radical (unpaired) electrons. The van der Waals surface area contributed by atoms with E-state index >= 15 is 0 Å². The predicted molar refractivity (Wildman–Crippen MR) is 148 cm³/mol. The first-order valence-corrected chi connectivity index (χ1v) is 14.6. The van der Waals surface area contributed by atoms with Gasteiger partial charge < -0.3 is 14.4 Å². The van der Waals surface area contributed by atoms with Crippen LogP contribution in [0.3, 0.4) is 0 Å². The number of alkyl halides is 1. The van der Waals surface area contributed by atoms with Gasteiger partial charge in [-0.2, -0.15) is 0 Å². The maximum Gasteiger partial charge on any atom is 0.410 e. The number of ether oxygens (including phenoxy) is 2. The molecular weight excluding hydrogens is 507 g/mol. The monoisotopic (exact) mass is 548 g/mol. The Morgan fingerprint density at radius 2 is 1.79 bits per heavy atom. The SMILES string of the molecule is Cc1ccc(N(CC(C)C)S(=O)(=O)c2ccc(OCC3CCN(C(=O)OC(C)(C)C)CC3F)cc2)c(C)c1. The first-order chi connectivity index (χ1) is 17.7. The van der Waals surface area contributed by atoms with Gasteiger partial charge in [-0.1, -0.05) is 31.5 Å². The average molecular weight is 549 g/mol. The Morgan fingerprint density at radius 1 is 1.13 bits per heavy atom. The maximum absolute atomic E-state index is 14.8. The van der Waals surface area contributed by atoms with Gasteiger partial charge in [-0.15, -0.1) is 0 Å². The third-order valence-corrected chi connectivity index (χ3v) is 8.15. The van der Waals surface area contributed by atoms with E-state index in [4.69, 9.17) is 9.47 Å². The van der Waals surface area contributed by atoms with Gasteiger partial charge >= 0.3 is 6.09 Å². The highest BCUT2D eigenvalue weighted by atomic mass is 32.2. The van der Waals surface area contributed by atoms with Crippen LogP contribution in [0.4, 0.5) is 14.9 Å². The molecule has 0 spiro atoms. The van der Waals surface area contributed by atoms with E-state index in [9.17, 15) is 17.6 Å². The van der Waals surface area contributed by atoms with E-state index in [0.717, 1.165) is 11.1 Å². The van der Waals surface area contributed by atoms with Gasteiger partial charge in [-0.05, 0) is 82.9 Å². The van der Waals surface area contributed by atoms with E-state index in [2.05, 4.69) is 0 Å². The van der Waals surface area contributed by atoms with Crippen LogP contribution in [0, 0.1) is 25.7 Å². The Bertz CT molecular complexity index is 1210. The molecule has 1 fully saturated rings. The van der Waals surface area contributed by atoms with Crippen LogP contribution in [0.2, 0.25) is 0 Å². The Morgan fingerprint density at radius 3 is 2.34 bits per heavy atom.